The predicted molar refractivity (Wildman–Crippen MR) is 70.1 cm³/mol. The fourth-order valence-electron chi connectivity index (χ4n) is 2.12. The van der Waals surface area contributed by atoms with Crippen molar-refractivity contribution in [2.45, 2.75) is 13.8 Å². The molecule has 0 radical (unpaired) electrons. The summed E-state index contributed by atoms with van der Waals surface area (Å²) < 4.78 is 0. The average molecular weight is 263 g/mol. The Balaban J connectivity index is 2.03. The molecule has 2 amide bonds. The predicted octanol–water partition coefficient (Wildman–Crippen LogP) is 1.90. The van der Waals surface area contributed by atoms with Crippen molar-refractivity contribution in [2.24, 2.45) is 11.8 Å². The van der Waals surface area contributed by atoms with E-state index in [4.69, 9.17) is 5.11 Å². The number of carboxylic acid groups (broad SMARTS) is 1. The van der Waals surface area contributed by atoms with Crippen molar-refractivity contribution in [1.29, 1.82) is 0 Å². The van der Waals surface area contributed by atoms with E-state index in [1.54, 1.807) is 4.90 Å². The monoisotopic (exact) mass is 263 g/mol. The Morgan fingerprint density at radius 2 is 1.95 bits per heavy atom. The number of hydrogen-bond donors (Lipinski definition) is 2. The fraction of sp³-hybridized carbons (Fsp3) is 0.462. The van der Waals surface area contributed by atoms with E-state index in [0.717, 1.165) is 13.1 Å². The minimum absolute atomic E-state index is 0.0564. The summed E-state index contributed by atoms with van der Waals surface area (Å²) in [4.78, 5) is 28.4. The van der Waals surface area contributed by atoms with E-state index in [0.29, 0.717) is 17.5 Å². The number of aromatic carboxylic acids is 1. The van der Waals surface area contributed by atoms with Crippen LogP contribution in [0, 0.1) is 11.8 Å². The molecule has 1 aromatic rings. The van der Waals surface area contributed by atoms with Gasteiger partial charge in [0.1, 0.15) is 0 Å². The molecule has 19 heavy (non-hydrogen) atoms. The first-order chi connectivity index (χ1) is 8.97. The van der Waals surface area contributed by atoms with Gasteiger partial charge in [-0.2, -0.15) is 0 Å². The number of hydrogen-bond acceptors (Lipinski definition) is 3. The van der Waals surface area contributed by atoms with Gasteiger partial charge in [-0.15, -0.1) is 0 Å². The summed E-state index contributed by atoms with van der Waals surface area (Å²) in [5, 5.41) is 11.5. The van der Waals surface area contributed by atoms with Crippen LogP contribution < -0.4 is 5.32 Å². The lowest BCUT2D eigenvalue weighted by Gasteiger charge is -2.16. The Morgan fingerprint density at radius 1 is 1.32 bits per heavy atom. The van der Waals surface area contributed by atoms with Crippen LogP contribution >= 0.6 is 0 Å². The van der Waals surface area contributed by atoms with Gasteiger partial charge in [0.15, 0.2) is 0 Å². The lowest BCUT2D eigenvalue weighted by molar-refractivity contribution is 0.0696. The van der Waals surface area contributed by atoms with E-state index in [1.165, 1.54) is 18.5 Å². The molecule has 2 unspecified atom stereocenters. The summed E-state index contributed by atoms with van der Waals surface area (Å²) in [5.74, 6) is -0.101. The number of carboxylic acids is 1. The molecule has 0 bridgehead atoms. The number of aromatic nitrogens is 1. The second kappa shape index (κ2) is 5.26. The molecule has 0 aliphatic carbocycles. The van der Waals surface area contributed by atoms with E-state index in [1.807, 2.05) is 0 Å². The number of nitrogens with zero attached hydrogens (tertiary/aromatic N) is 2. The third-order valence-corrected chi connectivity index (χ3v) is 3.51. The number of nitrogens with one attached hydrogen (secondary N) is 1. The number of urea groups is 1. The summed E-state index contributed by atoms with van der Waals surface area (Å²) >= 11 is 0. The molecule has 1 aromatic heterocycles. The lowest BCUT2D eigenvalue weighted by Crippen LogP contribution is -2.33. The Labute approximate surface area is 111 Å². The molecule has 0 saturated carbocycles. The van der Waals surface area contributed by atoms with Crippen LogP contribution in [0.25, 0.3) is 0 Å². The van der Waals surface area contributed by atoms with Crippen LogP contribution in [0.2, 0.25) is 0 Å². The van der Waals surface area contributed by atoms with Crippen molar-refractivity contribution in [3.8, 4) is 0 Å². The summed E-state index contributed by atoms with van der Waals surface area (Å²) in [6.45, 7) is 5.67. The number of rotatable bonds is 2. The first kappa shape index (κ1) is 13.3. The first-order valence-electron chi connectivity index (χ1n) is 6.21. The smallest absolute Gasteiger partial charge is 0.337 e. The summed E-state index contributed by atoms with van der Waals surface area (Å²) in [5.41, 5.74) is 0.457. The largest absolute Gasteiger partial charge is 0.478 e. The number of anilines is 1. The molecule has 2 rings (SSSR count). The van der Waals surface area contributed by atoms with Gasteiger partial charge in [0.2, 0.25) is 0 Å². The normalized spacial score (nSPS) is 22.3. The van der Waals surface area contributed by atoms with E-state index < -0.39 is 5.97 Å². The highest BCUT2D eigenvalue weighted by Gasteiger charge is 2.29. The zero-order chi connectivity index (χ0) is 14.0. The maximum absolute atomic E-state index is 12.0. The van der Waals surface area contributed by atoms with Crippen molar-refractivity contribution in [3.05, 3.63) is 24.0 Å². The average Bonchev–Trinajstić information content (AvgIpc) is 2.70. The van der Waals surface area contributed by atoms with Crippen LogP contribution in [0.4, 0.5) is 10.5 Å². The topological polar surface area (TPSA) is 82.5 Å². The highest BCUT2D eigenvalue weighted by atomic mass is 16.4. The van der Waals surface area contributed by atoms with Crippen molar-refractivity contribution < 1.29 is 14.7 Å². The molecule has 0 spiro atoms. The molecule has 1 aliphatic heterocycles. The third kappa shape index (κ3) is 3.01. The van der Waals surface area contributed by atoms with Gasteiger partial charge in [0.25, 0.3) is 0 Å². The van der Waals surface area contributed by atoms with Gasteiger partial charge in [0, 0.05) is 19.3 Å². The molecule has 2 N–H and O–H groups in total. The lowest BCUT2D eigenvalue weighted by atomic mass is 10.0. The zero-order valence-electron chi connectivity index (χ0n) is 11.0. The van der Waals surface area contributed by atoms with Crippen LogP contribution in [0.15, 0.2) is 18.5 Å². The van der Waals surface area contributed by atoms with E-state index in [2.05, 4.69) is 24.1 Å². The Bertz CT molecular complexity index is 494. The SMILES string of the molecule is CC1CN(C(=O)Nc2cncc(C(=O)O)c2)CC1C. The van der Waals surface area contributed by atoms with E-state index >= 15 is 0 Å². The van der Waals surface area contributed by atoms with Gasteiger partial charge < -0.3 is 15.3 Å². The maximum atomic E-state index is 12.0. The highest BCUT2D eigenvalue weighted by molar-refractivity contribution is 5.92. The van der Waals surface area contributed by atoms with Gasteiger partial charge in [-0.25, -0.2) is 9.59 Å². The molecular formula is C13H17N3O3. The Morgan fingerprint density at radius 3 is 2.53 bits per heavy atom. The fourth-order valence-corrected chi connectivity index (χ4v) is 2.12. The van der Waals surface area contributed by atoms with Crippen LogP contribution in [0.1, 0.15) is 24.2 Å². The Hall–Kier alpha value is -2.11. The second-order valence-corrected chi connectivity index (χ2v) is 5.06. The summed E-state index contributed by atoms with van der Waals surface area (Å²) in [7, 11) is 0. The van der Waals surface area contributed by atoms with Crippen LogP contribution in [-0.2, 0) is 0 Å². The van der Waals surface area contributed by atoms with Crippen LogP contribution in [-0.4, -0.2) is 40.1 Å². The summed E-state index contributed by atoms with van der Waals surface area (Å²) in [6, 6.07) is 1.19. The zero-order valence-corrected chi connectivity index (χ0v) is 11.0. The van der Waals surface area contributed by atoms with Crippen molar-refractivity contribution in [3.63, 3.8) is 0 Å². The molecule has 2 heterocycles. The number of carbonyl (C=O) groups excluding carboxylic acids is 1. The molecule has 102 valence electrons. The van der Waals surface area contributed by atoms with Gasteiger partial charge in [0.05, 0.1) is 17.4 Å². The van der Waals surface area contributed by atoms with Gasteiger partial charge in [-0.05, 0) is 17.9 Å². The molecule has 6 nitrogen and oxygen atoms in total. The maximum Gasteiger partial charge on any atom is 0.337 e. The minimum atomic E-state index is -1.06. The first-order valence-corrected chi connectivity index (χ1v) is 6.21. The Kier molecular flexibility index (Phi) is 3.69. The summed E-state index contributed by atoms with van der Waals surface area (Å²) in [6.07, 6.45) is 2.69. The number of carbonyl (C=O) groups is 2. The molecule has 2 atom stereocenters. The van der Waals surface area contributed by atoms with Crippen LogP contribution in [0.3, 0.4) is 0 Å². The van der Waals surface area contributed by atoms with Gasteiger partial charge >= 0.3 is 12.0 Å². The third-order valence-electron chi connectivity index (χ3n) is 3.51. The second-order valence-electron chi connectivity index (χ2n) is 5.06. The molecule has 1 aliphatic rings. The highest BCUT2D eigenvalue weighted by Crippen LogP contribution is 2.22. The van der Waals surface area contributed by atoms with E-state index in [-0.39, 0.29) is 11.6 Å². The number of amides is 2. The van der Waals surface area contributed by atoms with Crippen molar-refractivity contribution in [2.75, 3.05) is 18.4 Å². The minimum Gasteiger partial charge on any atom is -0.478 e. The van der Waals surface area contributed by atoms with Gasteiger partial charge in [-0.1, -0.05) is 13.8 Å². The van der Waals surface area contributed by atoms with Crippen molar-refractivity contribution >= 4 is 17.7 Å². The van der Waals surface area contributed by atoms with E-state index in [9.17, 15) is 9.59 Å². The number of pyridine rings is 1. The molecule has 6 heteroatoms. The quantitative estimate of drug-likeness (QED) is 0.853. The van der Waals surface area contributed by atoms with Crippen LogP contribution in [0.5, 0.6) is 0 Å². The van der Waals surface area contributed by atoms with Gasteiger partial charge in [-0.3, -0.25) is 4.98 Å². The standard InChI is InChI=1S/C13H17N3O3/c1-8-6-16(7-9(8)2)13(19)15-11-3-10(12(17)18)4-14-5-11/h3-5,8-9H,6-7H2,1-2H3,(H,15,19)(H,17,18). The molecule has 0 aromatic carbocycles. The van der Waals surface area contributed by atoms with Crippen molar-refractivity contribution in [1.82, 2.24) is 9.88 Å². The molecule has 1 fully saturated rings. The number of likely N-dealkylation sites (tertiary alicyclic amines) is 1. The molecule has 1 saturated heterocycles. The molecular weight excluding hydrogens is 246 g/mol.